The minimum Gasteiger partial charge on any atom is -0.394 e. The molecule has 0 spiro atoms. The van der Waals surface area contributed by atoms with Crippen molar-refractivity contribution in [2.75, 3.05) is 20.3 Å². The van der Waals surface area contributed by atoms with Crippen LogP contribution in [-0.2, 0) is 18.9 Å². The van der Waals surface area contributed by atoms with Gasteiger partial charge in [0.2, 0.25) is 0 Å². The summed E-state index contributed by atoms with van der Waals surface area (Å²) in [5.41, 5.74) is 0. The van der Waals surface area contributed by atoms with Crippen LogP contribution >= 0.6 is 0 Å². The number of aliphatic hydroxyl groups excluding tert-OH is 7. The van der Waals surface area contributed by atoms with Crippen LogP contribution < -0.4 is 0 Å². The van der Waals surface area contributed by atoms with Crippen LogP contribution in [0.15, 0.2) is 0 Å². The molecule has 0 amide bonds. The molecule has 0 aromatic rings. The van der Waals surface area contributed by atoms with Crippen LogP contribution in [0.5, 0.6) is 0 Å². The largest absolute Gasteiger partial charge is 0.394 e. The molecule has 2 heterocycles. The van der Waals surface area contributed by atoms with Crippen molar-refractivity contribution < 1.29 is 54.7 Å². The molecule has 11 nitrogen and oxygen atoms in total. The summed E-state index contributed by atoms with van der Waals surface area (Å²) >= 11 is 0. The van der Waals surface area contributed by atoms with Gasteiger partial charge in [-0.05, 0) is 0 Å². The molecule has 0 unspecified atom stereocenters. The molecule has 0 saturated carbocycles. The summed E-state index contributed by atoms with van der Waals surface area (Å²) in [4.78, 5) is 0. The predicted molar refractivity (Wildman–Crippen MR) is 73.4 cm³/mol. The van der Waals surface area contributed by atoms with Crippen LogP contribution in [0, 0.1) is 0 Å². The molecular weight excluding hydrogens is 332 g/mol. The van der Waals surface area contributed by atoms with E-state index in [1.807, 2.05) is 0 Å². The zero-order chi connectivity index (χ0) is 18.0. The van der Waals surface area contributed by atoms with E-state index in [9.17, 15) is 35.7 Å². The molecular formula is C13H24O11. The van der Waals surface area contributed by atoms with Crippen molar-refractivity contribution in [1.82, 2.24) is 0 Å². The van der Waals surface area contributed by atoms with Crippen LogP contribution in [-0.4, -0.2) is 117 Å². The van der Waals surface area contributed by atoms with E-state index in [-0.39, 0.29) is 0 Å². The maximum atomic E-state index is 10.1. The first kappa shape index (κ1) is 19.9. The van der Waals surface area contributed by atoms with Gasteiger partial charge in [-0.25, -0.2) is 0 Å². The van der Waals surface area contributed by atoms with Crippen molar-refractivity contribution in [3.05, 3.63) is 0 Å². The van der Waals surface area contributed by atoms with Crippen LogP contribution in [0.3, 0.4) is 0 Å². The normalized spacial score (nSPS) is 50.0. The summed E-state index contributed by atoms with van der Waals surface area (Å²) in [7, 11) is 1.27. The smallest absolute Gasteiger partial charge is 0.187 e. The van der Waals surface area contributed by atoms with E-state index in [0.29, 0.717) is 0 Å². The number of ether oxygens (including phenoxy) is 4. The van der Waals surface area contributed by atoms with Crippen molar-refractivity contribution in [3.63, 3.8) is 0 Å². The van der Waals surface area contributed by atoms with Gasteiger partial charge in [0.1, 0.15) is 48.8 Å². The molecule has 2 saturated heterocycles. The third-order valence-electron chi connectivity index (χ3n) is 4.22. The van der Waals surface area contributed by atoms with Crippen molar-refractivity contribution in [2.24, 2.45) is 0 Å². The first-order valence-electron chi connectivity index (χ1n) is 7.46. The van der Waals surface area contributed by atoms with E-state index in [4.69, 9.17) is 18.9 Å². The van der Waals surface area contributed by atoms with Crippen molar-refractivity contribution in [3.8, 4) is 0 Å². The fourth-order valence-corrected chi connectivity index (χ4v) is 2.85. The van der Waals surface area contributed by atoms with Gasteiger partial charge >= 0.3 is 0 Å². The first-order valence-corrected chi connectivity index (χ1v) is 7.46. The fourth-order valence-electron chi connectivity index (χ4n) is 2.85. The third-order valence-corrected chi connectivity index (χ3v) is 4.22. The van der Waals surface area contributed by atoms with E-state index < -0.39 is 74.6 Å². The maximum absolute atomic E-state index is 10.1. The summed E-state index contributed by atoms with van der Waals surface area (Å²) in [5, 5.41) is 67.8. The molecule has 2 aliphatic rings. The van der Waals surface area contributed by atoms with Gasteiger partial charge in [-0.2, -0.15) is 0 Å². The van der Waals surface area contributed by atoms with E-state index in [1.165, 1.54) is 7.11 Å². The number of aliphatic hydroxyl groups is 7. The van der Waals surface area contributed by atoms with E-state index in [0.717, 1.165) is 0 Å². The number of hydrogen-bond acceptors (Lipinski definition) is 11. The second-order valence-corrected chi connectivity index (χ2v) is 5.74. The first-order chi connectivity index (χ1) is 11.3. The second kappa shape index (κ2) is 8.29. The van der Waals surface area contributed by atoms with Crippen LogP contribution in [0.4, 0.5) is 0 Å². The SMILES string of the molecule is CO[C@@H]1[C@H](O)[C@@H](O)[C@H](O[C@@H]2[C@H](O)[C@@H](O)[C@H](O)O[C@@H]2CO)O[C@@H]1CO. The monoisotopic (exact) mass is 356 g/mol. The van der Waals surface area contributed by atoms with Crippen molar-refractivity contribution >= 4 is 0 Å². The molecule has 2 fully saturated rings. The Morgan fingerprint density at radius 2 is 1.29 bits per heavy atom. The lowest BCUT2D eigenvalue weighted by atomic mass is 9.97. The lowest BCUT2D eigenvalue weighted by Crippen LogP contribution is -2.64. The lowest BCUT2D eigenvalue weighted by Gasteiger charge is -2.45. The molecule has 0 radical (unpaired) electrons. The predicted octanol–water partition coefficient (Wildman–Crippen LogP) is -4.74. The molecule has 7 N–H and O–H groups in total. The molecule has 24 heavy (non-hydrogen) atoms. The molecule has 2 aliphatic heterocycles. The van der Waals surface area contributed by atoms with Gasteiger partial charge in [-0.1, -0.05) is 0 Å². The lowest BCUT2D eigenvalue weighted by molar-refractivity contribution is -0.356. The Bertz CT molecular complexity index is 392. The Labute approximate surface area is 137 Å². The fraction of sp³-hybridized carbons (Fsp3) is 1.00. The van der Waals surface area contributed by atoms with Crippen LogP contribution in [0.25, 0.3) is 0 Å². The van der Waals surface area contributed by atoms with Gasteiger partial charge in [0.15, 0.2) is 12.6 Å². The van der Waals surface area contributed by atoms with Crippen LogP contribution in [0.1, 0.15) is 0 Å². The maximum Gasteiger partial charge on any atom is 0.187 e. The molecule has 0 aliphatic carbocycles. The zero-order valence-corrected chi connectivity index (χ0v) is 13.0. The standard InChI is InChI=1S/C13H24O11/c1-21-10-4(2-14)23-13(9(19)7(10)17)24-11-5(3-15)22-12(20)8(18)6(11)16/h4-20H,2-3H2,1H3/t4-,5-,6-,7-,8-,9-,10+,11+,12-,13+/m1/s1. The molecule has 142 valence electrons. The Kier molecular flexibility index (Phi) is 6.87. The summed E-state index contributed by atoms with van der Waals surface area (Å²) in [6, 6.07) is 0. The van der Waals surface area contributed by atoms with Crippen LogP contribution in [0.2, 0.25) is 0 Å². The molecule has 2 rings (SSSR count). The number of methoxy groups -OCH3 is 1. The highest BCUT2D eigenvalue weighted by molar-refractivity contribution is 4.94. The minimum atomic E-state index is -1.72. The molecule has 0 aromatic heterocycles. The zero-order valence-electron chi connectivity index (χ0n) is 13.0. The molecule has 10 atom stereocenters. The topological polar surface area (TPSA) is 179 Å². The third kappa shape index (κ3) is 3.71. The van der Waals surface area contributed by atoms with Gasteiger partial charge in [0.05, 0.1) is 13.2 Å². The number of hydrogen-bond donors (Lipinski definition) is 7. The highest BCUT2D eigenvalue weighted by atomic mass is 16.7. The second-order valence-electron chi connectivity index (χ2n) is 5.74. The van der Waals surface area contributed by atoms with Gasteiger partial charge < -0.3 is 54.7 Å². The number of rotatable bonds is 5. The van der Waals surface area contributed by atoms with E-state index >= 15 is 0 Å². The van der Waals surface area contributed by atoms with Crippen molar-refractivity contribution in [1.29, 1.82) is 0 Å². The minimum absolute atomic E-state index is 0.531. The van der Waals surface area contributed by atoms with Gasteiger partial charge in [-0.15, -0.1) is 0 Å². The van der Waals surface area contributed by atoms with E-state index in [2.05, 4.69) is 0 Å². The summed E-state index contributed by atoms with van der Waals surface area (Å²) in [6.45, 7) is -1.18. The Morgan fingerprint density at radius 1 is 0.750 bits per heavy atom. The Balaban J connectivity index is 2.12. The summed E-state index contributed by atoms with van der Waals surface area (Å²) in [5.74, 6) is 0. The summed E-state index contributed by atoms with van der Waals surface area (Å²) < 4.78 is 20.6. The quantitative estimate of drug-likeness (QED) is 0.251. The van der Waals surface area contributed by atoms with E-state index in [1.54, 1.807) is 0 Å². The van der Waals surface area contributed by atoms with Gasteiger partial charge in [0, 0.05) is 7.11 Å². The highest BCUT2D eigenvalue weighted by Crippen LogP contribution is 2.29. The Morgan fingerprint density at radius 3 is 1.83 bits per heavy atom. The Hall–Kier alpha value is -0.440. The van der Waals surface area contributed by atoms with Gasteiger partial charge in [-0.3, -0.25) is 0 Å². The highest BCUT2D eigenvalue weighted by Gasteiger charge is 2.50. The average molecular weight is 356 g/mol. The molecule has 11 heteroatoms. The molecule has 0 bridgehead atoms. The summed E-state index contributed by atoms with van der Waals surface area (Å²) in [6.07, 6.45) is -14.2. The van der Waals surface area contributed by atoms with Crippen molar-refractivity contribution in [2.45, 2.75) is 61.4 Å². The van der Waals surface area contributed by atoms with Gasteiger partial charge in [0.25, 0.3) is 0 Å². The average Bonchev–Trinajstić information content (AvgIpc) is 2.58. The molecule has 0 aromatic carbocycles.